The lowest BCUT2D eigenvalue weighted by Gasteiger charge is -2.16. The minimum absolute atomic E-state index is 0.104. The number of benzene rings is 2. The van der Waals surface area contributed by atoms with Crippen LogP contribution in [0.1, 0.15) is 32.5 Å². The number of carbonyl (C=O) groups excluding carboxylic acids is 2. The Morgan fingerprint density at radius 3 is 2.37 bits per heavy atom. The van der Waals surface area contributed by atoms with E-state index in [0.29, 0.717) is 11.1 Å². The van der Waals surface area contributed by atoms with Gasteiger partial charge in [-0.05, 0) is 30.3 Å². The molecule has 0 spiro atoms. The number of hydrogen-bond acceptors (Lipinski definition) is 8. The van der Waals surface area contributed by atoms with Gasteiger partial charge in [-0.3, -0.25) is 9.36 Å². The molecule has 12 heteroatoms. The fourth-order valence-corrected chi connectivity index (χ4v) is 5.42. The summed E-state index contributed by atoms with van der Waals surface area (Å²) in [6.07, 6.45) is 1.09. The van der Waals surface area contributed by atoms with E-state index in [4.69, 9.17) is 14.2 Å². The molecule has 1 amide bonds. The van der Waals surface area contributed by atoms with Gasteiger partial charge in [0.25, 0.3) is 5.91 Å². The summed E-state index contributed by atoms with van der Waals surface area (Å²) in [5, 5.41) is 1.64. The molecule has 3 aromatic rings. The second-order valence-corrected chi connectivity index (χ2v) is 9.69. The van der Waals surface area contributed by atoms with Crippen LogP contribution in [0.15, 0.2) is 77.7 Å². The molecule has 2 N–H and O–H groups in total. The molecule has 4 atom stereocenters. The lowest BCUT2D eigenvalue weighted by molar-refractivity contribution is 0.0261. The molecule has 0 radical (unpaired) electrons. The number of nitrogens with zero attached hydrogens (tertiary/aromatic N) is 2. The number of nitrogens with one attached hydrogen (secondary N) is 1. The Morgan fingerprint density at radius 2 is 1.74 bits per heavy atom. The molecule has 1 aliphatic heterocycles. The number of thioether (sulfide) groups is 1. The molecule has 180 valence electrons. The Balaban J connectivity index is 1.48. The maximum absolute atomic E-state index is 12.7. The number of amides is 1. The van der Waals surface area contributed by atoms with Crippen molar-refractivity contribution in [3.05, 3.63) is 94.5 Å². The van der Waals surface area contributed by atoms with Gasteiger partial charge in [-0.25, -0.2) is 9.59 Å². The molecule has 2 aromatic carbocycles. The predicted molar refractivity (Wildman–Crippen MR) is 129 cm³/mol. The molecule has 1 saturated heterocycles. The molecule has 4 rings (SSSR count). The Morgan fingerprint density at radius 1 is 1.09 bits per heavy atom. The van der Waals surface area contributed by atoms with Crippen LogP contribution in [0.2, 0.25) is 0 Å². The van der Waals surface area contributed by atoms with Gasteiger partial charge in [-0.1, -0.05) is 36.4 Å². The van der Waals surface area contributed by atoms with Gasteiger partial charge in [0.2, 0.25) is 0 Å². The fourth-order valence-electron chi connectivity index (χ4n) is 3.54. The summed E-state index contributed by atoms with van der Waals surface area (Å²) in [5.74, 6) is -0.833. The summed E-state index contributed by atoms with van der Waals surface area (Å²) in [5.41, 5.74) is 0.195. The summed E-state index contributed by atoms with van der Waals surface area (Å²) in [6.45, 7) is -0.146. The lowest BCUT2D eigenvalue weighted by atomic mass is 10.1. The smallest absolute Gasteiger partial charge is 0.457 e. The molecule has 1 unspecified atom stereocenters. The van der Waals surface area contributed by atoms with Gasteiger partial charge in [0.15, 0.2) is 0 Å². The number of carbonyl (C=O) groups is 2. The van der Waals surface area contributed by atoms with Crippen LogP contribution in [0.3, 0.4) is 0 Å². The van der Waals surface area contributed by atoms with Crippen molar-refractivity contribution in [2.75, 3.05) is 11.9 Å². The van der Waals surface area contributed by atoms with E-state index in [1.54, 1.807) is 60.7 Å². The van der Waals surface area contributed by atoms with Crippen LogP contribution in [0, 0.1) is 0 Å². The van der Waals surface area contributed by atoms with Crippen LogP contribution >= 0.6 is 20.0 Å². The second-order valence-electron chi connectivity index (χ2n) is 7.53. The van der Waals surface area contributed by atoms with E-state index in [0.717, 1.165) is 0 Å². The van der Waals surface area contributed by atoms with E-state index >= 15 is 0 Å². The van der Waals surface area contributed by atoms with E-state index in [9.17, 15) is 18.9 Å². The molecule has 0 bridgehead atoms. The third-order valence-electron chi connectivity index (χ3n) is 5.22. The monoisotopic (exact) mass is 514 g/mol. The number of esters is 1. The van der Waals surface area contributed by atoms with Crippen LogP contribution in [0.4, 0.5) is 5.82 Å². The minimum atomic E-state index is -2.83. The topological polar surface area (TPSA) is 137 Å². The fraction of sp³-hybridized carbons (Fsp3) is 0.217. The minimum Gasteiger partial charge on any atom is -0.457 e. The first kappa shape index (κ1) is 24.7. The molecule has 35 heavy (non-hydrogen) atoms. The van der Waals surface area contributed by atoms with E-state index in [-0.39, 0.29) is 18.8 Å². The van der Waals surface area contributed by atoms with Crippen molar-refractivity contribution in [2.24, 2.45) is 0 Å². The van der Waals surface area contributed by atoms with Crippen molar-refractivity contribution in [3.8, 4) is 0 Å². The highest BCUT2D eigenvalue weighted by Crippen LogP contribution is 2.43. The number of rotatable bonds is 8. The van der Waals surface area contributed by atoms with Gasteiger partial charge >= 0.3 is 19.9 Å². The number of aromatic nitrogens is 2. The third-order valence-corrected chi connectivity index (χ3v) is 7.11. The molecule has 1 aromatic heterocycles. The predicted octanol–water partition coefficient (Wildman–Crippen LogP) is 3.39. The van der Waals surface area contributed by atoms with Crippen molar-refractivity contribution < 1.29 is 28.3 Å². The van der Waals surface area contributed by atoms with Gasteiger partial charge in [-0.15, -0.1) is 21.2 Å². The van der Waals surface area contributed by atoms with Crippen molar-refractivity contribution in [2.45, 2.75) is 23.1 Å². The van der Waals surface area contributed by atoms with E-state index in [2.05, 4.69) is 10.3 Å². The van der Waals surface area contributed by atoms with E-state index < -0.39 is 42.5 Å². The maximum atomic E-state index is 12.7. The summed E-state index contributed by atoms with van der Waals surface area (Å²) in [4.78, 5) is 50.6. The first-order valence-corrected chi connectivity index (χ1v) is 12.6. The Kier molecular flexibility index (Phi) is 8.04. The third kappa shape index (κ3) is 6.40. The van der Waals surface area contributed by atoms with Crippen LogP contribution in [-0.4, -0.2) is 44.3 Å². The lowest BCUT2D eigenvalue weighted by Crippen LogP contribution is -2.29. The largest absolute Gasteiger partial charge is 0.694 e. The Bertz CT molecular complexity index is 1270. The Hall–Kier alpha value is -3.37. The molecule has 10 nitrogen and oxygen atoms in total. The summed E-state index contributed by atoms with van der Waals surface area (Å²) in [6, 6.07) is 18.5. The molecule has 1 aliphatic rings. The van der Waals surface area contributed by atoms with Crippen LogP contribution in [-0.2, 0) is 13.8 Å². The van der Waals surface area contributed by atoms with Crippen molar-refractivity contribution in [1.29, 1.82) is 0 Å². The molecular formula is C23H21N3O7PS+. The van der Waals surface area contributed by atoms with E-state index in [1.807, 2.05) is 0 Å². The average Bonchev–Trinajstić information content (AvgIpc) is 3.26. The molecule has 0 aliphatic carbocycles. The number of hydrogen-bond donors (Lipinski definition) is 2. The van der Waals surface area contributed by atoms with Crippen LogP contribution < -0.4 is 11.0 Å². The number of anilines is 1. The standard InChI is InChI=1S/C23H20N3O7PS/c27-21(15-7-3-1-4-8-15)24-19-11-12-26(23(29)25-19)20-13-17(18(35-20)14-32-34(30)31)33-22(28)16-9-5-2-6-10-16/h1-12,17-18,20H,13-14H2,(H-,24,25,27,29,30,31)/p+1/t17-,18-,20-/m1/s1. The van der Waals surface area contributed by atoms with Crippen molar-refractivity contribution >= 4 is 37.7 Å². The van der Waals surface area contributed by atoms with Crippen LogP contribution in [0.5, 0.6) is 0 Å². The second kappa shape index (κ2) is 11.4. The highest BCUT2D eigenvalue weighted by molar-refractivity contribution is 8.00. The normalized spacial score (nSPS) is 19.7. The van der Waals surface area contributed by atoms with Crippen molar-refractivity contribution in [1.82, 2.24) is 9.55 Å². The molecule has 0 saturated carbocycles. The quantitative estimate of drug-likeness (QED) is 0.342. The molecule has 2 heterocycles. The first-order chi connectivity index (χ1) is 16.9. The zero-order valence-electron chi connectivity index (χ0n) is 18.2. The summed E-state index contributed by atoms with van der Waals surface area (Å²) in [7, 11) is -2.83. The van der Waals surface area contributed by atoms with Crippen molar-refractivity contribution in [3.63, 3.8) is 0 Å². The first-order valence-electron chi connectivity index (χ1n) is 10.6. The van der Waals surface area contributed by atoms with Gasteiger partial charge in [0, 0.05) is 22.7 Å². The van der Waals surface area contributed by atoms with Gasteiger partial charge in [-0.2, -0.15) is 4.98 Å². The summed E-state index contributed by atoms with van der Waals surface area (Å²) >= 11 is 1.28. The summed E-state index contributed by atoms with van der Waals surface area (Å²) < 4.78 is 22.9. The maximum Gasteiger partial charge on any atom is 0.694 e. The molecular weight excluding hydrogens is 493 g/mol. The van der Waals surface area contributed by atoms with E-state index in [1.165, 1.54) is 28.6 Å². The SMILES string of the molecule is O=C(Nc1ccn([C@H]2C[C@@H](OC(=O)c3ccccc3)[C@@H](CO[P+](=O)O)S2)c(=O)n1)c1ccccc1. The van der Waals surface area contributed by atoms with Crippen LogP contribution in [0.25, 0.3) is 0 Å². The zero-order valence-corrected chi connectivity index (χ0v) is 19.9. The van der Waals surface area contributed by atoms with Gasteiger partial charge < -0.3 is 10.1 Å². The highest BCUT2D eigenvalue weighted by atomic mass is 32.2. The zero-order chi connectivity index (χ0) is 24.8. The Labute approximate surface area is 205 Å². The van der Waals surface area contributed by atoms with Gasteiger partial charge in [0.05, 0.1) is 16.2 Å². The molecule has 1 fully saturated rings. The van der Waals surface area contributed by atoms with Gasteiger partial charge in [0.1, 0.15) is 18.5 Å². The highest BCUT2D eigenvalue weighted by Gasteiger charge is 2.41. The number of ether oxygens (including phenoxy) is 1. The average molecular weight is 514 g/mol.